The highest BCUT2D eigenvalue weighted by atomic mass is 35.5. The summed E-state index contributed by atoms with van der Waals surface area (Å²) < 4.78 is 15.3. The highest BCUT2D eigenvalue weighted by Crippen LogP contribution is 2.22. The molecule has 0 bridgehead atoms. The van der Waals surface area contributed by atoms with Crippen LogP contribution in [0.1, 0.15) is 43.6 Å². The van der Waals surface area contributed by atoms with E-state index in [0.717, 1.165) is 0 Å². The highest BCUT2D eigenvalue weighted by molar-refractivity contribution is 6.70. The number of ether oxygens (including phenoxy) is 3. The third kappa shape index (κ3) is 7.12. The van der Waals surface area contributed by atoms with E-state index < -0.39 is 17.7 Å². The van der Waals surface area contributed by atoms with E-state index in [4.69, 9.17) is 25.8 Å². The van der Waals surface area contributed by atoms with Crippen LogP contribution >= 0.6 is 11.6 Å². The van der Waals surface area contributed by atoms with Gasteiger partial charge < -0.3 is 14.2 Å². The number of nitrogens with zero attached hydrogens (tertiary/aromatic N) is 1. The molecule has 0 spiro atoms. The number of hydrazone groups is 1. The zero-order valence-corrected chi connectivity index (χ0v) is 17.4. The summed E-state index contributed by atoms with van der Waals surface area (Å²) in [6.07, 6.45) is -0.836. The molecule has 8 heteroatoms. The SMILES string of the molecule is CCOC(=O)c1ccc(N/N=C(\Cl)c2ccccc2OC(=O)OC(C)(C)C)cc1. The molecule has 2 aromatic carbocycles. The Morgan fingerprint density at radius 2 is 1.72 bits per heavy atom. The van der Waals surface area contributed by atoms with E-state index in [1.165, 1.54) is 0 Å². The van der Waals surface area contributed by atoms with Gasteiger partial charge in [0.2, 0.25) is 0 Å². The smallest absolute Gasteiger partial charge is 0.462 e. The average molecular weight is 419 g/mol. The maximum atomic E-state index is 11.9. The number of para-hydroxylation sites is 1. The van der Waals surface area contributed by atoms with Gasteiger partial charge in [-0.15, -0.1) is 0 Å². The van der Waals surface area contributed by atoms with Crippen LogP contribution in [-0.4, -0.2) is 29.5 Å². The Hall–Kier alpha value is -3.06. The Morgan fingerprint density at radius 3 is 2.34 bits per heavy atom. The van der Waals surface area contributed by atoms with E-state index in [9.17, 15) is 9.59 Å². The molecule has 7 nitrogen and oxygen atoms in total. The molecule has 1 N–H and O–H groups in total. The summed E-state index contributed by atoms with van der Waals surface area (Å²) >= 11 is 6.28. The molecular formula is C21H23ClN2O5. The second-order valence-corrected chi connectivity index (χ2v) is 7.23. The van der Waals surface area contributed by atoms with Crippen LogP contribution in [0.25, 0.3) is 0 Å². The van der Waals surface area contributed by atoms with Crippen molar-refractivity contribution < 1.29 is 23.8 Å². The zero-order valence-electron chi connectivity index (χ0n) is 16.7. The van der Waals surface area contributed by atoms with Crippen LogP contribution in [0.5, 0.6) is 5.75 Å². The van der Waals surface area contributed by atoms with Crippen molar-refractivity contribution in [2.24, 2.45) is 5.10 Å². The quantitative estimate of drug-likeness (QED) is 0.300. The van der Waals surface area contributed by atoms with Crippen molar-refractivity contribution in [2.45, 2.75) is 33.3 Å². The van der Waals surface area contributed by atoms with Gasteiger partial charge in [-0.05, 0) is 64.1 Å². The van der Waals surface area contributed by atoms with Gasteiger partial charge in [-0.2, -0.15) is 5.10 Å². The lowest BCUT2D eigenvalue weighted by molar-refractivity contribution is 0.0205. The summed E-state index contributed by atoms with van der Waals surface area (Å²) in [5.74, 6) is -0.177. The molecule has 0 aromatic heterocycles. The number of hydrogen-bond acceptors (Lipinski definition) is 7. The number of carbonyl (C=O) groups is 2. The number of rotatable bonds is 6. The Labute approximate surface area is 174 Å². The number of halogens is 1. The Balaban J connectivity index is 2.10. The molecule has 29 heavy (non-hydrogen) atoms. The van der Waals surface area contributed by atoms with E-state index in [1.54, 1.807) is 76.2 Å². The first-order valence-corrected chi connectivity index (χ1v) is 9.34. The number of hydrogen-bond donors (Lipinski definition) is 1. The molecule has 0 atom stereocenters. The van der Waals surface area contributed by atoms with Crippen molar-refractivity contribution >= 4 is 34.6 Å². The summed E-state index contributed by atoms with van der Waals surface area (Å²) in [6.45, 7) is 7.28. The maximum absolute atomic E-state index is 11.9. The van der Waals surface area contributed by atoms with E-state index in [1.807, 2.05) is 0 Å². The zero-order chi connectivity index (χ0) is 21.4. The van der Waals surface area contributed by atoms with Gasteiger partial charge in [-0.25, -0.2) is 9.59 Å². The number of anilines is 1. The molecule has 0 unspecified atom stereocenters. The summed E-state index contributed by atoms with van der Waals surface area (Å²) in [5, 5.41) is 4.18. The van der Waals surface area contributed by atoms with Gasteiger partial charge in [0, 0.05) is 0 Å². The Kier molecular flexibility index (Phi) is 7.61. The van der Waals surface area contributed by atoms with E-state index in [0.29, 0.717) is 23.4 Å². The number of esters is 1. The third-order valence-electron chi connectivity index (χ3n) is 3.37. The van der Waals surface area contributed by atoms with Crippen LogP contribution in [-0.2, 0) is 9.47 Å². The number of carbonyl (C=O) groups excluding carboxylic acids is 2. The summed E-state index contributed by atoms with van der Waals surface area (Å²) in [7, 11) is 0. The highest BCUT2D eigenvalue weighted by Gasteiger charge is 2.20. The van der Waals surface area contributed by atoms with Crippen LogP contribution < -0.4 is 10.2 Å². The molecule has 0 radical (unpaired) electrons. The Bertz CT molecular complexity index is 889. The Morgan fingerprint density at radius 1 is 1.07 bits per heavy atom. The van der Waals surface area contributed by atoms with Crippen molar-refractivity contribution in [1.82, 2.24) is 0 Å². The lowest BCUT2D eigenvalue weighted by atomic mass is 10.2. The van der Waals surface area contributed by atoms with E-state index >= 15 is 0 Å². The predicted molar refractivity (Wildman–Crippen MR) is 112 cm³/mol. The molecular weight excluding hydrogens is 396 g/mol. The first-order chi connectivity index (χ1) is 13.7. The monoisotopic (exact) mass is 418 g/mol. The molecule has 0 amide bonds. The van der Waals surface area contributed by atoms with Crippen LogP contribution in [0.3, 0.4) is 0 Å². The third-order valence-corrected chi connectivity index (χ3v) is 3.66. The van der Waals surface area contributed by atoms with E-state index in [2.05, 4.69) is 10.5 Å². The molecule has 0 saturated heterocycles. The maximum Gasteiger partial charge on any atom is 0.514 e. The van der Waals surface area contributed by atoms with Gasteiger partial charge in [-0.1, -0.05) is 23.7 Å². The van der Waals surface area contributed by atoms with Gasteiger partial charge in [-0.3, -0.25) is 5.43 Å². The summed E-state index contributed by atoms with van der Waals surface area (Å²) in [4.78, 5) is 23.6. The van der Waals surface area contributed by atoms with Gasteiger partial charge in [0.25, 0.3) is 0 Å². The molecule has 2 aromatic rings. The first-order valence-electron chi connectivity index (χ1n) is 8.96. The van der Waals surface area contributed by atoms with Crippen molar-refractivity contribution in [3.63, 3.8) is 0 Å². The molecule has 0 saturated carbocycles. The normalized spacial score (nSPS) is 11.6. The standard InChI is InChI=1S/C21H23ClN2O5/c1-5-27-19(25)14-10-12-15(13-11-14)23-24-18(22)16-8-6-7-9-17(16)28-20(26)29-21(2,3)4/h6-13,23H,5H2,1-4H3/b24-18-. The minimum absolute atomic E-state index is 0.0821. The summed E-state index contributed by atoms with van der Waals surface area (Å²) in [6, 6.07) is 13.3. The fraction of sp³-hybridized carbons (Fsp3) is 0.286. The predicted octanol–water partition coefficient (Wildman–Crippen LogP) is 5.19. The first kappa shape index (κ1) is 22.2. The van der Waals surface area contributed by atoms with Crippen molar-refractivity contribution in [1.29, 1.82) is 0 Å². The van der Waals surface area contributed by atoms with Gasteiger partial charge in [0.15, 0.2) is 5.17 Å². The molecule has 2 rings (SSSR count). The lowest BCUT2D eigenvalue weighted by Gasteiger charge is -2.19. The second-order valence-electron chi connectivity index (χ2n) is 6.87. The largest absolute Gasteiger partial charge is 0.514 e. The molecule has 0 heterocycles. The van der Waals surface area contributed by atoms with Gasteiger partial charge in [0.1, 0.15) is 11.4 Å². The van der Waals surface area contributed by atoms with Crippen molar-refractivity contribution in [3.05, 3.63) is 59.7 Å². The lowest BCUT2D eigenvalue weighted by Crippen LogP contribution is -2.26. The molecule has 154 valence electrons. The fourth-order valence-electron chi connectivity index (χ4n) is 2.16. The van der Waals surface area contributed by atoms with Crippen LogP contribution in [0.15, 0.2) is 53.6 Å². The summed E-state index contributed by atoms with van der Waals surface area (Å²) in [5.41, 5.74) is 3.57. The van der Waals surface area contributed by atoms with E-state index in [-0.39, 0.29) is 10.9 Å². The van der Waals surface area contributed by atoms with Crippen LogP contribution in [0, 0.1) is 0 Å². The van der Waals surface area contributed by atoms with Gasteiger partial charge in [0.05, 0.1) is 23.4 Å². The van der Waals surface area contributed by atoms with Crippen molar-refractivity contribution in [3.8, 4) is 5.75 Å². The molecule has 0 fully saturated rings. The fourth-order valence-corrected chi connectivity index (χ4v) is 2.35. The van der Waals surface area contributed by atoms with Crippen molar-refractivity contribution in [2.75, 3.05) is 12.0 Å². The molecule has 0 aliphatic carbocycles. The number of benzene rings is 2. The number of nitrogens with one attached hydrogen (secondary N) is 1. The van der Waals surface area contributed by atoms with Crippen LogP contribution in [0.4, 0.5) is 10.5 Å². The molecule has 0 aliphatic heterocycles. The van der Waals surface area contributed by atoms with Gasteiger partial charge >= 0.3 is 12.1 Å². The second kappa shape index (κ2) is 9.93. The topological polar surface area (TPSA) is 86.2 Å². The minimum atomic E-state index is -0.836. The molecule has 0 aliphatic rings. The average Bonchev–Trinajstić information content (AvgIpc) is 2.65. The van der Waals surface area contributed by atoms with Crippen LogP contribution in [0.2, 0.25) is 0 Å². The minimum Gasteiger partial charge on any atom is -0.462 e.